The number of esters is 1. The highest BCUT2D eigenvalue weighted by Gasteiger charge is 2.19. The number of rotatable bonds is 4. The van der Waals surface area contributed by atoms with Gasteiger partial charge >= 0.3 is 5.97 Å². The van der Waals surface area contributed by atoms with E-state index in [0.717, 1.165) is 10.0 Å². The van der Waals surface area contributed by atoms with Crippen LogP contribution in [0, 0.1) is 13.8 Å². The topological polar surface area (TPSA) is 72.5 Å². The number of carbonyl (C=O) groups is 1. The summed E-state index contributed by atoms with van der Waals surface area (Å²) in [6.45, 7) is 3.54. The number of hydrogen-bond acceptors (Lipinski definition) is 4. The summed E-state index contributed by atoms with van der Waals surface area (Å²) in [6, 6.07) is 9.58. The zero-order valence-electron chi connectivity index (χ0n) is 12.9. The average molecular weight is 398 g/mol. The maximum absolute atomic E-state index is 12.6. The lowest BCUT2D eigenvalue weighted by atomic mass is 10.1. The molecule has 0 spiro atoms. The van der Waals surface area contributed by atoms with E-state index in [2.05, 4.69) is 25.4 Å². The molecule has 0 unspecified atom stereocenters. The molecule has 0 amide bonds. The quantitative estimate of drug-likeness (QED) is 0.798. The number of halogens is 1. The summed E-state index contributed by atoms with van der Waals surface area (Å²) >= 11 is 3.37. The number of ether oxygens (including phenoxy) is 1. The SMILES string of the molecule is COC(=O)c1ccc(C)c(S(=O)(=O)Nc2ccc(Br)c(C)c2)c1. The molecule has 0 fully saturated rings. The van der Waals surface area contributed by atoms with Gasteiger partial charge in [-0.05, 0) is 55.3 Å². The zero-order chi connectivity index (χ0) is 17.2. The monoisotopic (exact) mass is 397 g/mol. The van der Waals surface area contributed by atoms with Crippen LogP contribution >= 0.6 is 15.9 Å². The van der Waals surface area contributed by atoms with E-state index in [4.69, 9.17) is 0 Å². The Kier molecular flexibility index (Phi) is 5.11. The van der Waals surface area contributed by atoms with Crippen molar-refractivity contribution in [1.29, 1.82) is 0 Å². The smallest absolute Gasteiger partial charge is 0.337 e. The Balaban J connectivity index is 2.42. The fourth-order valence-corrected chi connectivity index (χ4v) is 3.62. The Labute approximate surface area is 143 Å². The van der Waals surface area contributed by atoms with Gasteiger partial charge in [0.25, 0.3) is 10.0 Å². The largest absolute Gasteiger partial charge is 0.465 e. The summed E-state index contributed by atoms with van der Waals surface area (Å²) in [5, 5.41) is 0. The molecule has 1 N–H and O–H groups in total. The van der Waals surface area contributed by atoms with Crippen LogP contribution in [0.15, 0.2) is 45.8 Å². The summed E-state index contributed by atoms with van der Waals surface area (Å²) in [4.78, 5) is 11.6. The lowest BCUT2D eigenvalue weighted by Crippen LogP contribution is -2.15. The molecule has 23 heavy (non-hydrogen) atoms. The van der Waals surface area contributed by atoms with Gasteiger partial charge in [0, 0.05) is 10.2 Å². The predicted octanol–water partition coefficient (Wildman–Crippen LogP) is 3.65. The Morgan fingerprint density at radius 2 is 1.78 bits per heavy atom. The maximum Gasteiger partial charge on any atom is 0.337 e. The van der Waals surface area contributed by atoms with Crippen LogP contribution in [0.2, 0.25) is 0 Å². The van der Waals surface area contributed by atoms with E-state index in [1.54, 1.807) is 31.2 Å². The molecule has 0 atom stereocenters. The molecule has 5 nitrogen and oxygen atoms in total. The first-order valence-corrected chi connectivity index (χ1v) is 9.00. The van der Waals surface area contributed by atoms with E-state index in [9.17, 15) is 13.2 Å². The van der Waals surface area contributed by atoms with Gasteiger partial charge in [0.2, 0.25) is 0 Å². The Hall–Kier alpha value is -1.86. The zero-order valence-corrected chi connectivity index (χ0v) is 15.3. The van der Waals surface area contributed by atoms with Gasteiger partial charge in [0.05, 0.1) is 17.6 Å². The summed E-state index contributed by atoms with van der Waals surface area (Å²) in [6.07, 6.45) is 0. The Morgan fingerprint density at radius 1 is 1.09 bits per heavy atom. The fraction of sp³-hybridized carbons (Fsp3) is 0.188. The van der Waals surface area contributed by atoms with Crippen molar-refractivity contribution in [3.63, 3.8) is 0 Å². The molecule has 0 aliphatic heterocycles. The van der Waals surface area contributed by atoms with Gasteiger partial charge in [0.1, 0.15) is 0 Å². The number of benzene rings is 2. The second-order valence-electron chi connectivity index (χ2n) is 5.04. The van der Waals surface area contributed by atoms with Crippen molar-refractivity contribution >= 4 is 37.6 Å². The third-order valence-corrected chi connectivity index (χ3v) is 5.72. The highest BCUT2D eigenvalue weighted by molar-refractivity contribution is 9.10. The van der Waals surface area contributed by atoms with Gasteiger partial charge in [-0.2, -0.15) is 0 Å². The minimum atomic E-state index is -3.81. The molecule has 0 saturated carbocycles. The molecule has 2 aromatic carbocycles. The first kappa shape index (κ1) is 17.5. The van der Waals surface area contributed by atoms with Gasteiger partial charge in [-0.3, -0.25) is 4.72 Å². The number of carbonyl (C=O) groups excluding carboxylic acids is 1. The molecular weight excluding hydrogens is 382 g/mol. The van der Waals surface area contributed by atoms with Crippen LogP contribution in [0.25, 0.3) is 0 Å². The van der Waals surface area contributed by atoms with Crippen LogP contribution < -0.4 is 4.72 Å². The lowest BCUT2D eigenvalue weighted by Gasteiger charge is -2.12. The number of methoxy groups -OCH3 is 1. The molecule has 0 aliphatic carbocycles. The van der Waals surface area contributed by atoms with Crippen molar-refractivity contribution in [3.8, 4) is 0 Å². The van der Waals surface area contributed by atoms with Crippen LogP contribution in [0.4, 0.5) is 5.69 Å². The number of sulfonamides is 1. The second kappa shape index (κ2) is 6.72. The molecule has 2 rings (SSSR count). The number of aryl methyl sites for hydroxylation is 2. The third-order valence-electron chi connectivity index (χ3n) is 3.31. The summed E-state index contributed by atoms with van der Waals surface area (Å²) in [5.74, 6) is -0.582. The molecule has 0 aromatic heterocycles. The molecule has 0 bridgehead atoms. The fourth-order valence-electron chi connectivity index (χ4n) is 2.05. The van der Waals surface area contributed by atoms with Crippen LogP contribution in [0.3, 0.4) is 0 Å². The molecule has 0 radical (unpaired) electrons. The van der Waals surface area contributed by atoms with Gasteiger partial charge in [0.15, 0.2) is 0 Å². The molecular formula is C16H16BrNO4S. The van der Waals surface area contributed by atoms with Crippen LogP contribution in [-0.4, -0.2) is 21.5 Å². The third kappa shape index (κ3) is 3.92. The van der Waals surface area contributed by atoms with Gasteiger partial charge in [-0.1, -0.05) is 22.0 Å². The number of anilines is 1. The van der Waals surface area contributed by atoms with Crippen molar-refractivity contribution in [2.24, 2.45) is 0 Å². The van der Waals surface area contributed by atoms with Gasteiger partial charge in [-0.25, -0.2) is 13.2 Å². The number of hydrogen-bond donors (Lipinski definition) is 1. The molecule has 2 aromatic rings. The van der Waals surface area contributed by atoms with Crippen molar-refractivity contribution in [2.75, 3.05) is 11.8 Å². The van der Waals surface area contributed by atoms with Crippen LogP contribution in [0.5, 0.6) is 0 Å². The summed E-state index contributed by atoms with van der Waals surface area (Å²) in [5.41, 5.74) is 2.09. The first-order chi connectivity index (χ1) is 10.7. The minimum Gasteiger partial charge on any atom is -0.465 e. The second-order valence-corrected chi connectivity index (χ2v) is 7.55. The van der Waals surface area contributed by atoms with Crippen molar-refractivity contribution in [1.82, 2.24) is 0 Å². The first-order valence-electron chi connectivity index (χ1n) is 6.72. The normalized spacial score (nSPS) is 11.1. The van der Waals surface area contributed by atoms with E-state index in [1.165, 1.54) is 19.2 Å². The Morgan fingerprint density at radius 3 is 2.39 bits per heavy atom. The molecule has 0 saturated heterocycles. The van der Waals surface area contributed by atoms with Crippen LogP contribution in [-0.2, 0) is 14.8 Å². The minimum absolute atomic E-state index is 0.0426. The van der Waals surface area contributed by atoms with Gasteiger partial charge in [-0.15, -0.1) is 0 Å². The highest BCUT2D eigenvalue weighted by atomic mass is 79.9. The lowest BCUT2D eigenvalue weighted by molar-refractivity contribution is 0.0600. The molecule has 122 valence electrons. The Bertz CT molecular complexity index is 862. The average Bonchev–Trinajstić information content (AvgIpc) is 2.50. The molecule has 7 heteroatoms. The van der Waals surface area contributed by atoms with E-state index in [1.807, 2.05) is 6.92 Å². The van der Waals surface area contributed by atoms with E-state index in [-0.39, 0.29) is 10.5 Å². The summed E-state index contributed by atoms with van der Waals surface area (Å²) in [7, 11) is -2.56. The van der Waals surface area contributed by atoms with E-state index >= 15 is 0 Å². The van der Waals surface area contributed by atoms with Crippen molar-refractivity contribution in [2.45, 2.75) is 18.7 Å². The van der Waals surface area contributed by atoms with E-state index < -0.39 is 16.0 Å². The highest BCUT2D eigenvalue weighted by Crippen LogP contribution is 2.24. The van der Waals surface area contributed by atoms with Crippen molar-refractivity contribution in [3.05, 3.63) is 57.6 Å². The van der Waals surface area contributed by atoms with E-state index in [0.29, 0.717) is 11.3 Å². The number of nitrogens with one attached hydrogen (secondary N) is 1. The summed E-state index contributed by atoms with van der Waals surface area (Å²) < 4.78 is 33.3. The molecule has 0 aliphatic rings. The van der Waals surface area contributed by atoms with Crippen LogP contribution in [0.1, 0.15) is 21.5 Å². The maximum atomic E-state index is 12.6. The van der Waals surface area contributed by atoms with Crippen molar-refractivity contribution < 1.29 is 17.9 Å². The standard InChI is InChI=1S/C16H16BrNO4S/c1-10-4-5-12(16(19)22-3)9-15(10)23(20,21)18-13-6-7-14(17)11(2)8-13/h4-9,18H,1-3H3. The molecule has 0 heterocycles. The van der Waals surface area contributed by atoms with Gasteiger partial charge < -0.3 is 4.74 Å². The predicted molar refractivity (Wildman–Crippen MR) is 92.2 cm³/mol.